The molecule has 2 heterocycles. The lowest BCUT2D eigenvalue weighted by Crippen LogP contribution is -2.53. The van der Waals surface area contributed by atoms with Gasteiger partial charge < -0.3 is 9.64 Å². The Balaban J connectivity index is 1.79. The van der Waals surface area contributed by atoms with Crippen molar-refractivity contribution in [2.75, 3.05) is 32.7 Å². The fourth-order valence-electron chi connectivity index (χ4n) is 3.90. The summed E-state index contributed by atoms with van der Waals surface area (Å²) in [6, 6.07) is 0. The average molecular weight is 346 g/mol. The van der Waals surface area contributed by atoms with Gasteiger partial charge in [-0.05, 0) is 45.6 Å². The zero-order valence-electron chi connectivity index (χ0n) is 15.4. The number of hydrogen-bond donors (Lipinski definition) is 0. The molecular weight excluding hydrogens is 314 g/mol. The highest BCUT2D eigenvalue weighted by molar-refractivity contribution is 5.78. The normalized spacial score (nSPS) is 26.3. The van der Waals surface area contributed by atoms with E-state index in [9.17, 15) is 13.6 Å². The largest absolute Gasteiger partial charge is 0.375 e. The van der Waals surface area contributed by atoms with Gasteiger partial charge in [0.2, 0.25) is 5.91 Å². The van der Waals surface area contributed by atoms with Crippen molar-refractivity contribution in [1.29, 1.82) is 0 Å². The van der Waals surface area contributed by atoms with Crippen LogP contribution in [0.2, 0.25) is 0 Å². The number of nitrogens with zero attached hydrogens (tertiary/aromatic N) is 2. The Morgan fingerprint density at radius 3 is 2.25 bits per heavy atom. The number of carbonyl (C=O) groups is 1. The lowest BCUT2D eigenvalue weighted by atomic mass is 9.83. The Labute approximate surface area is 144 Å². The summed E-state index contributed by atoms with van der Waals surface area (Å²) in [5.41, 5.74) is 0. The van der Waals surface area contributed by atoms with Crippen molar-refractivity contribution in [2.45, 2.75) is 65.1 Å². The third kappa shape index (κ3) is 5.12. The first-order valence-corrected chi connectivity index (χ1v) is 9.22. The summed E-state index contributed by atoms with van der Waals surface area (Å²) in [7, 11) is 0. The third-order valence-corrected chi connectivity index (χ3v) is 5.16. The van der Waals surface area contributed by atoms with Crippen LogP contribution in [0.25, 0.3) is 0 Å². The molecule has 2 saturated heterocycles. The van der Waals surface area contributed by atoms with Crippen LogP contribution in [-0.2, 0) is 9.53 Å². The first-order valence-electron chi connectivity index (χ1n) is 9.22. The van der Waals surface area contributed by atoms with E-state index < -0.39 is 11.8 Å². The van der Waals surface area contributed by atoms with Crippen molar-refractivity contribution in [2.24, 2.45) is 11.8 Å². The minimum atomic E-state index is -2.70. The number of piperidine rings is 2. The van der Waals surface area contributed by atoms with Crippen LogP contribution in [-0.4, -0.2) is 66.6 Å². The van der Waals surface area contributed by atoms with Gasteiger partial charge in [-0.2, -0.15) is 0 Å². The van der Waals surface area contributed by atoms with Crippen LogP contribution >= 0.6 is 0 Å². The molecule has 2 fully saturated rings. The first kappa shape index (κ1) is 19.6. The monoisotopic (exact) mass is 346 g/mol. The Bertz CT molecular complexity index is 421. The van der Waals surface area contributed by atoms with Crippen LogP contribution in [0.3, 0.4) is 0 Å². The van der Waals surface area contributed by atoms with Crippen molar-refractivity contribution in [3.8, 4) is 0 Å². The molecule has 0 spiro atoms. The summed E-state index contributed by atoms with van der Waals surface area (Å²) in [4.78, 5) is 15.8. The first-order chi connectivity index (χ1) is 11.2. The van der Waals surface area contributed by atoms with E-state index in [1.165, 1.54) is 0 Å². The predicted molar refractivity (Wildman–Crippen MR) is 90.2 cm³/mol. The number of halogens is 2. The van der Waals surface area contributed by atoms with E-state index in [2.05, 4.69) is 0 Å². The van der Waals surface area contributed by atoms with Crippen molar-refractivity contribution >= 4 is 5.91 Å². The molecular formula is C18H32F2N2O2. The molecule has 2 aliphatic heterocycles. The van der Waals surface area contributed by atoms with Crippen LogP contribution in [0, 0.1) is 11.8 Å². The van der Waals surface area contributed by atoms with Gasteiger partial charge in [-0.15, -0.1) is 0 Å². The highest BCUT2D eigenvalue weighted by Crippen LogP contribution is 2.37. The van der Waals surface area contributed by atoms with Gasteiger partial charge >= 0.3 is 0 Å². The Morgan fingerprint density at radius 1 is 1.12 bits per heavy atom. The molecule has 1 unspecified atom stereocenters. The standard InChI is InChI=1S/C18H32F2N2O2/c1-13(2)16-7-8-21(12-18(16,19)20)11-17(23)22-9-5-15(6-10-22)24-14(3)4/h13-16H,5-12H2,1-4H3. The van der Waals surface area contributed by atoms with Crippen LogP contribution in [0.4, 0.5) is 8.78 Å². The number of rotatable bonds is 5. The minimum Gasteiger partial charge on any atom is -0.375 e. The summed E-state index contributed by atoms with van der Waals surface area (Å²) in [6.07, 6.45) is 2.52. The fourth-order valence-corrected chi connectivity index (χ4v) is 3.90. The number of ether oxygens (including phenoxy) is 1. The molecule has 2 aliphatic rings. The van der Waals surface area contributed by atoms with E-state index in [1.807, 2.05) is 27.7 Å². The number of hydrogen-bond acceptors (Lipinski definition) is 3. The molecule has 0 bridgehead atoms. The molecule has 4 nitrogen and oxygen atoms in total. The maximum absolute atomic E-state index is 14.3. The smallest absolute Gasteiger partial charge is 0.263 e. The maximum Gasteiger partial charge on any atom is 0.263 e. The van der Waals surface area contributed by atoms with E-state index in [4.69, 9.17) is 4.74 Å². The van der Waals surface area contributed by atoms with E-state index in [0.717, 1.165) is 12.8 Å². The minimum absolute atomic E-state index is 0.0298. The molecule has 0 aromatic rings. The summed E-state index contributed by atoms with van der Waals surface area (Å²) in [5.74, 6) is -3.34. The summed E-state index contributed by atoms with van der Waals surface area (Å²) < 4.78 is 34.3. The van der Waals surface area contributed by atoms with Crippen molar-refractivity contribution in [3.05, 3.63) is 0 Å². The molecule has 0 saturated carbocycles. The van der Waals surface area contributed by atoms with Crippen LogP contribution in [0.15, 0.2) is 0 Å². The fraction of sp³-hybridized carbons (Fsp3) is 0.944. The van der Waals surface area contributed by atoms with Crippen molar-refractivity contribution < 1.29 is 18.3 Å². The van der Waals surface area contributed by atoms with Gasteiger partial charge in [0.05, 0.1) is 25.3 Å². The van der Waals surface area contributed by atoms with E-state index in [0.29, 0.717) is 26.1 Å². The second kappa shape index (κ2) is 8.09. The lowest BCUT2D eigenvalue weighted by Gasteiger charge is -2.41. The van der Waals surface area contributed by atoms with Gasteiger partial charge in [-0.3, -0.25) is 9.69 Å². The summed E-state index contributed by atoms with van der Waals surface area (Å²) >= 11 is 0. The van der Waals surface area contributed by atoms with Crippen molar-refractivity contribution in [3.63, 3.8) is 0 Å². The number of amides is 1. The number of carbonyl (C=O) groups excluding carboxylic acids is 1. The molecule has 1 amide bonds. The van der Waals surface area contributed by atoms with Gasteiger partial charge in [0.25, 0.3) is 5.92 Å². The molecule has 0 aromatic heterocycles. The quantitative estimate of drug-likeness (QED) is 0.767. The second-order valence-electron chi connectivity index (χ2n) is 7.88. The molecule has 1 atom stereocenters. The maximum atomic E-state index is 14.3. The molecule has 2 rings (SSSR count). The zero-order chi connectivity index (χ0) is 17.9. The lowest BCUT2D eigenvalue weighted by molar-refractivity contribution is -0.145. The Hall–Kier alpha value is -0.750. The SMILES string of the molecule is CC(C)OC1CCN(C(=O)CN2CCC(C(C)C)C(F)(F)C2)CC1. The van der Waals surface area contributed by atoms with Gasteiger partial charge in [-0.1, -0.05) is 13.8 Å². The molecule has 0 N–H and O–H groups in total. The van der Waals surface area contributed by atoms with E-state index in [1.54, 1.807) is 9.80 Å². The van der Waals surface area contributed by atoms with Crippen LogP contribution in [0.1, 0.15) is 47.0 Å². The summed E-state index contributed by atoms with van der Waals surface area (Å²) in [6.45, 7) is 9.44. The second-order valence-corrected chi connectivity index (χ2v) is 7.88. The van der Waals surface area contributed by atoms with Gasteiger partial charge in [0, 0.05) is 19.0 Å². The topological polar surface area (TPSA) is 32.8 Å². The van der Waals surface area contributed by atoms with Gasteiger partial charge in [0.15, 0.2) is 0 Å². The highest BCUT2D eigenvalue weighted by Gasteiger charge is 2.46. The Kier molecular flexibility index (Phi) is 6.59. The van der Waals surface area contributed by atoms with E-state index >= 15 is 0 Å². The highest BCUT2D eigenvalue weighted by atomic mass is 19.3. The van der Waals surface area contributed by atoms with Crippen LogP contribution < -0.4 is 0 Å². The van der Waals surface area contributed by atoms with Crippen molar-refractivity contribution in [1.82, 2.24) is 9.80 Å². The molecule has 0 aliphatic carbocycles. The van der Waals surface area contributed by atoms with Gasteiger partial charge in [0.1, 0.15) is 0 Å². The van der Waals surface area contributed by atoms with E-state index in [-0.39, 0.29) is 37.1 Å². The molecule has 0 aromatic carbocycles. The van der Waals surface area contributed by atoms with Gasteiger partial charge in [-0.25, -0.2) is 8.78 Å². The Morgan fingerprint density at radius 2 is 1.75 bits per heavy atom. The number of alkyl halides is 2. The predicted octanol–water partition coefficient (Wildman–Crippen LogP) is 3.02. The molecule has 6 heteroatoms. The molecule has 24 heavy (non-hydrogen) atoms. The molecule has 140 valence electrons. The number of likely N-dealkylation sites (tertiary alicyclic amines) is 2. The molecule has 0 radical (unpaired) electrons. The van der Waals surface area contributed by atoms with Crippen LogP contribution in [0.5, 0.6) is 0 Å². The third-order valence-electron chi connectivity index (χ3n) is 5.16. The summed E-state index contributed by atoms with van der Waals surface area (Å²) in [5, 5.41) is 0. The zero-order valence-corrected chi connectivity index (χ0v) is 15.4. The average Bonchev–Trinajstić information content (AvgIpc) is 2.45.